The summed E-state index contributed by atoms with van der Waals surface area (Å²) in [6.07, 6.45) is 0.727. The van der Waals surface area contributed by atoms with Crippen LogP contribution in [0.4, 0.5) is 0 Å². The molecule has 0 radical (unpaired) electrons. The molecule has 0 aliphatic heterocycles. The van der Waals surface area contributed by atoms with Crippen LogP contribution in [0.1, 0.15) is 41.4 Å². The predicted octanol–water partition coefficient (Wildman–Crippen LogP) is 4.69. The SMILES string of the molecule is CC(C)c1ccc(CCOC(=O)c2cc3ccccc3[nH]2)cc1. The molecule has 3 heteroatoms. The highest BCUT2D eigenvalue weighted by Gasteiger charge is 2.10. The lowest BCUT2D eigenvalue weighted by atomic mass is 10.0. The van der Waals surface area contributed by atoms with Gasteiger partial charge >= 0.3 is 5.97 Å². The average Bonchev–Trinajstić information content (AvgIpc) is 2.99. The van der Waals surface area contributed by atoms with Gasteiger partial charge in [-0.3, -0.25) is 0 Å². The number of para-hydroxylation sites is 1. The minimum absolute atomic E-state index is 0.306. The second-order valence-electron chi connectivity index (χ2n) is 6.05. The van der Waals surface area contributed by atoms with Crippen molar-refractivity contribution in [3.8, 4) is 0 Å². The van der Waals surface area contributed by atoms with Crippen molar-refractivity contribution in [2.24, 2.45) is 0 Å². The molecule has 23 heavy (non-hydrogen) atoms. The molecule has 3 rings (SSSR count). The largest absolute Gasteiger partial charge is 0.461 e. The van der Waals surface area contributed by atoms with Gasteiger partial charge in [0.05, 0.1) is 6.61 Å². The monoisotopic (exact) mass is 307 g/mol. The fraction of sp³-hybridized carbons (Fsp3) is 0.250. The molecule has 1 heterocycles. The van der Waals surface area contributed by atoms with Crippen molar-refractivity contribution in [3.63, 3.8) is 0 Å². The van der Waals surface area contributed by atoms with Crippen LogP contribution in [0.15, 0.2) is 54.6 Å². The molecule has 0 amide bonds. The zero-order chi connectivity index (χ0) is 16.2. The Morgan fingerprint density at radius 2 is 1.83 bits per heavy atom. The summed E-state index contributed by atoms with van der Waals surface area (Å²) in [4.78, 5) is 15.2. The van der Waals surface area contributed by atoms with Gasteiger partial charge in [0.25, 0.3) is 0 Å². The van der Waals surface area contributed by atoms with E-state index in [1.54, 1.807) is 0 Å². The van der Waals surface area contributed by atoms with Crippen LogP contribution in [0.3, 0.4) is 0 Å². The Balaban J connectivity index is 1.56. The molecule has 0 saturated carbocycles. The lowest BCUT2D eigenvalue weighted by Gasteiger charge is -2.07. The second-order valence-corrected chi connectivity index (χ2v) is 6.05. The molecule has 0 aliphatic rings. The van der Waals surface area contributed by atoms with Gasteiger partial charge in [-0.15, -0.1) is 0 Å². The van der Waals surface area contributed by atoms with Gasteiger partial charge in [-0.05, 0) is 29.2 Å². The van der Waals surface area contributed by atoms with Crippen LogP contribution in [0, 0.1) is 0 Å². The molecule has 118 valence electrons. The molecule has 0 aliphatic carbocycles. The molecule has 0 fully saturated rings. The summed E-state index contributed by atoms with van der Waals surface area (Å²) in [6, 6.07) is 18.1. The first-order chi connectivity index (χ1) is 11.1. The number of aromatic amines is 1. The smallest absolute Gasteiger partial charge is 0.354 e. The van der Waals surface area contributed by atoms with Gasteiger partial charge < -0.3 is 9.72 Å². The van der Waals surface area contributed by atoms with Crippen molar-refractivity contribution in [1.82, 2.24) is 4.98 Å². The highest BCUT2D eigenvalue weighted by atomic mass is 16.5. The Labute approximate surface area is 136 Å². The number of esters is 1. The summed E-state index contributed by atoms with van der Waals surface area (Å²) in [5.74, 6) is 0.226. The first-order valence-electron chi connectivity index (χ1n) is 7.97. The van der Waals surface area contributed by atoms with E-state index in [-0.39, 0.29) is 5.97 Å². The van der Waals surface area contributed by atoms with Gasteiger partial charge in [-0.25, -0.2) is 4.79 Å². The molecule has 0 bridgehead atoms. The van der Waals surface area contributed by atoms with Crippen molar-refractivity contribution in [2.75, 3.05) is 6.61 Å². The average molecular weight is 307 g/mol. The fourth-order valence-corrected chi connectivity index (χ4v) is 2.59. The maximum absolute atomic E-state index is 12.1. The second kappa shape index (κ2) is 6.69. The van der Waals surface area contributed by atoms with E-state index < -0.39 is 0 Å². The third-order valence-electron chi connectivity index (χ3n) is 4.02. The van der Waals surface area contributed by atoms with Crippen LogP contribution in [-0.2, 0) is 11.2 Å². The zero-order valence-corrected chi connectivity index (χ0v) is 13.5. The van der Waals surface area contributed by atoms with E-state index in [1.165, 1.54) is 11.1 Å². The van der Waals surface area contributed by atoms with Gasteiger partial charge in [0.2, 0.25) is 0 Å². The Morgan fingerprint density at radius 1 is 1.09 bits per heavy atom. The molecule has 3 nitrogen and oxygen atoms in total. The summed E-state index contributed by atoms with van der Waals surface area (Å²) >= 11 is 0. The summed E-state index contributed by atoms with van der Waals surface area (Å²) in [5.41, 5.74) is 3.95. The van der Waals surface area contributed by atoms with Crippen LogP contribution in [0.2, 0.25) is 0 Å². The van der Waals surface area contributed by atoms with Gasteiger partial charge in [-0.1, -0.05) is 56.3 Å². The van der Waals surface area contributed by atoms with E-state index in [0.717, 1.165) is 17.3 Å². The summed E-state index contributed by atoms with van der Waals surface area (Å²) < 4.78 is 5.37. The minimum atomic E-state index is -0.306. The van der Waals surface area contributed by atoms with Crippen molar-refractivity contribution in [3.05, 3.63) is 71.4 Å². The van der Waals surface area contributed by atoms with Crippen LogP contribution in [-0.4, -0.2) is 17.6 Å². The predicted molar refractivity (Wildman–Crippen MR) is 92.8 cm³/mol. The van der Waals surface area contributed by atoms with E-state index in [4.69, 9.17) is 4.74 Å². The van der Waals surface area contributed by atoms with Crippen molar-refractivity contribution in [2.45, 2.75) is 26.2 Å². The fourth-order valence-electron chi connectivity index (χ4n) is 2.59. The van der Waals surface area contributed by atoms with E-state index >= 15 is 0 Å². The van der Waals surface area contributed by atoms with Gasteiger partial charge in [0, 0.05) is 17.3 Å². The molecule has 0 spiro atoms. The number of carbonyl (C=O) groups excluding carboxylic acids is 1. The quantitative estimate of drug-likeness (QED) is 0.695. The van der Waals surface area contributed by atoms with E-state index in [1.807, 2.05) is 30.3 Å². The van der Waals surface area contributed by atoms with Crippen molar-refractivity contribution < 1.29 is 9.53 Å². The maximum Gasteiger partial charge on any atom is 0.354 e. The normalized spacial score (nSPS) is 11.1. The first-order valence-corrected chi connectivity index (χ1v) is 7.97. The number of hydrogen-bond acceptors (Lipinski definition) is 2. The van der Waals surface area contributed by atoms with Gasteiger partial charge in [-0.2, -0.15) is 0 Å². The number of H-pyrrole nitrogens is 1. The Morgan fingerprint density at radius 3 is 2.52 bits per heavy atom. The van der Waals surface area contributed by atoms with E-state index in [9.17, 15) is 4.79 Å². The molecule has 1 aromatic heterocycles. The summed E-state index contributed by atoms with van der Waals surface area (Å²) in [6.45, 7) is 4.74. The van der Waals surface area contributed by atoms with Crippen molar-refractivity contribution >= 4 is 16.9 Å². The number of hydrogen-bond donors (Lipinski definition) is 1. The number of rotatable bonds is 5. The Hall–Kier alpha value is -2.55. The number of benzene rings is 2. The molecular formula is C20H21NO2. The van der Waals surface area contributed by atoms with Gasteiger partial charge in [0.1, 0.15) is 5.69 Å². The molecular weight excluding hydrogens is 286 g/mol. The Kier molecular flexibility index (Phi) is 4.47. The molecule has 2 aromatic carbocycles. The number of carbonyl (C=O) groups is 1. The lowest BCUT2D eigenvalue weighted by molar-refractivity contribution is 0.0503. The van der Waals surface area contributed by atoms with Crippen LogP contribution in [0.5, 0.6) is 0 Å². The Bertz CT molecular complexity index is 767. The highest BCUT2D eigenvalue weighted by molar-refractivity contribution is 5.94. The number of nitrogens with one attached hydrogen (secondary N) is 1. The highest BCUT2D eigenvalue weighted by Crippen LogP contribution is 2.16. The van der Waals surface area contributed by atoms with Gasteiger partial charge in [0.15, 0.2) is 0 Å². The summed E-state index contributed by atoms with van der Waals surface area (Å²) in [5, 5.41) is 1.02. The van der Waals surface area contributed by atoms with Crippen molar-refractivity contribution in [1.29, 1.82) is 0 Å². The zero-order valence-electron chi connectivity index (χ0n) is 13.5. The number of aromatic nitrogens is 1. The van der Waals surface area contributed by atoms with Crippen LogP contribution in [0.25, 0.3) is 10.9 Å². The standard InChI is InChI=1S/C20H21NO2/c1-14(2)16-9-7-15(8-10-16)11-12-23-20(22)19-13-17-5-3-4-6-18(17)21-19/h3-10,13-14,21H,11-12H2,1-2H3. The minimum Gasteiger partial charge on any atom is -0.461 e. The molecule has 3 aromatic rings. The third-order valence-corrected chi connectivity index (χ3v) is 4.02. The molecule has 0 saturated heterocycles. The maximum atomic E-state index is 12.1. The number of ether oxygens (including phenoxy) is 1. The molecule has 1 N–H and O–H groups in total. The third kappa shape index (κ3) is 3.62. The van der Waals surface area contributed by atoms with Crippen LogP contribution >= 0.6 is 0 Å². The molecule has 0 unspecified atom stereocenters. The molecule has 0 atom stereocenters. The van der Waals surface area contributed by atoms with Crippen LogP contribution < -0.4 is 0 Å². The van der Waals surface area contributed by atoms with E-state index in [2.05, 4.69) is 43.1 Å². The first kappa shape index (κ1) is 15.3. The lowest BCUT2D eigenvalue weighted by Crippen LogP contribution is -2.08. The number of fused-ring (bicyclic) bond motifs is 1. The topological polar surface area (TPSA) is 42.1 Å². The van der Waals surface area contributed by atoms with E-state index in [0.29, 0.717) is 18.2 Å². The summed E-state index contributed by atoms with van der Waals surface area (Å²) in [7, 11) is 0.